The fraction of sp³-hybridized carbons (Fsp3) is 0.607. The highest BCUT2D eigenvalue weighted by Crippen LogP contribution is 2.52. The van der Waals surface area contributed by atoms with Crippen molar-refractivity contribution in [2.45, 2.75) is 57.5 Å². The van der Waals surface area contributed by atoms with E-state index in [0.717, 1.165) is 36.4 Å². The lowest BCUT2D eigenvalue weighted by molar-refractivity contribution is 0.0209. The van der Waals surface area contributed by atoms with Gasteiger partial charge in [0.25, 0.3) is 0 Å². The molecule has 9 nitrogen and oxygen atoms in total. The molecule has 0 N–H and O–H groups in total. The Balaban J connectivity index is 1.55. The topological polar surface area (TPSA) is 70.0 Å². The second-order valence-corrected chi connectivity index (χ2v) is 14.1. The Morgan fingerprint density at radius 3 is 2.50 bits per heavy atom. The number of pyridine rings is 1. The lowest BCUT2D eigenvalue weighted by Crippen LogP contribution is -2.57. The van der Waals surface area contributed by atoms with Gasteiger partial charge >= 0.3 is 6.09 Å². The molecule has 2 bridgehead atoms. The van der Waals surface area contributed by atoms with Crippen molar-refractivity contribution in [3.05, 3.63) is 27.2 Å². The summed E-state index contributed by atoms with van der Waals surface area (Å²) in [6.45, 7) is 8.44. The molecule has 0 spiro atoms. The molecule has 0 radical (unpaired) electrons. The molecular weight excluding hydrogens is 601 g/mol. The van der Waals surface area contributed by atoms with E-state index < -0.39 is 11.4 Å². The Kier molecular flexibility index (Phi) is 6.76. The van der Waals surface area contributed by atoms with Crippen molar-refractivity contribution < 1.29 is 13.9 Å². The summed E-state index contributed by atoms with van der Waals surface area (Å²) in [5, 5.41) is 0.910. The molecule has 40 heavy (non-hydrogen) atoms. The molecule has 3 aliphatic heterocycles. The maximum atomic E-state index is 15.8. The minimum absolute atomic E-state index is 0.00214. The van der Waals surface area contributed by atoms with Gasteiger partial charge in [-0.1, -0.05) is 11.6 Å². The van der Waals surface area contributed by atoms with Crippen LogP contribution in [0.4, 0.5) is 15.0 Å². The summed E-state index contributed by atoms with van der Waals surface area (Å²) in [7, 11) is 8.15. The number of anilines is 1. The summed E-state index contributed by atoms with van der Waals surface area (Å²) in [5.74, 6) is 1.32. The van der Waals surface area contributed by atoms with E-state index in [2.05, 4.69) is 49.3 Å². The lowest BCUT2D eigenvalue weighted by atomic mass is 9.79. The molecule has 2 aromatic heterocycles. The number of likely N-dealkylation sites (N-methyl/N-ethyl adjacent to an activating group) is 1. The Labute approximate surface area is 247 Å². The van der Waals surface area contributed by atoms with E-state index in [4.69, 9.17) is 26.3 Å². The average molecular weight is 637 g/mol. The van der Waals surface area contributed by atoms with Crippen LogP contribution < -0.4 is 4.90 Å². The van der Waals surface area contributed by atoms with Crippen LogP contribution in [0.25, 0.3) is 21.9 Å². The third-order valence-corrected chi connectivity index (χ3v) is 9.64. The van der Waals surface area contributed by atoms with Gasteiger partial charge in [0, 0.05) is 37.0 Å². The van der Waals surface area contributed by atoms with Crippen LogP contribution in [0.3, 0.4) is 0 Å². The van der Waals surface area contributed by atoms with Crippen LogP contribution >= 0.6 is 27.5 Å². The molecule has 1 saturated carbocycles. The van der Waals surface area contributed by atoms with Crippen LogP contribution in [0.1, 0.15) is 39.1 Å². The smallest absolute Gasteiger partial charge is 0.410 e. The Morgan fingerprint density at radius 2 is 1.88 bits per heavy atom. The van der Waals surface area contributed by atoms with E-state index in [1.807, 2.05) is 39.8 Å². The number of hydrogen-bond donors (Lipinski definition) is 0. The van der Waals surface area contributed by atoms with E-state index in [1.165, 1.54) is 0 Å². The second-order valence-electron chi connectivity index (χ2n) is 12.9. The number of hydrogen-bond acceptors (Lipinski definition) is 7. The number of rotatable bonds is 5. The highest BCUT2D eigenvalue weighted by Gasteiger charge is 2.56. The molecule has 7 rings (SSSR count). The van der Waals surface area contributed by atoms with Crippen molar-refractivity contribution in [2.75, 3.05) is 52.7 Å². The van der Waals surface area contributed by atoms with Crippen molar-refractivity contribution in [3.63, 3.8) is 0 Å². The quantitative estimate of drug-likeness (QED) is 0.360. The van der Waals surface area contributed by atoms with Gasteiger partial charge in [-0.25, -0.2) is 19.2 Å². The zero-order chi connectivity index (χ0) is 28.8. The number of carbonyl (C=O) groups is 1. The zero-order valence-electron chi connectivity index (χ0n) is 24.0. The number of carbonyl (C=O) groups excluding carboxylic acids is 1. The molecule has 1 amide bonds. The van der Waals surface area contributed by atoms with E-state index in [9.17, 15) is 4.79 Å². The van der Waals surface area contributed by atoms with Crippen molar-refractivity contribution in [2.24, 2.45) is 5.92 Å². The first kappa shape index (κ1) is 27.9. The predicted molar refractivity (Wildman–Crippen MR) is 159 cm³/mol. The standard InChI is InChI=1S/C28H36BrClFN7O2/c1-28(2,3)40-27(39)37-10-14-8-18(37)24(14)38-19(13-34(4)5)32-23-25(38)16-9-17(30)20(29)21(31)22(16)33-26(23)36-11-15(12-36)35(6)7/h9,14-15,18,24H,8,10-13H2,1-7H3/t14-,18-,24+/m1/s1. The molecule has 3 atom stereocenters. The summed E-state index contributed by atoms with van der Waals surface area (Å²) in [6, 6.07) is 2.15. The predicted octanol–water partition coefficient (Wildman–Crippen LogP) is 5.13. The van der Waals surface area contributed by atoms with Gasteiger partial charge in [-0.2, -0.15) is 0 Å². The van der Waals surface area contributed by atoms with Gasteiger partial charge in [-0.3, -0.25) is 0 Å². The maximum absolute atomic E-state index is 15.8. The van der Waals surface area contributed by atoms with Crippen molar-refractivity contribution in [1.29, 1.82) is 0 Å². The molecule has 12 heteroatoms. The van der Waals surface area contributed by atoms with Gasteiger partial charge in [-0.15, -0.1) is 0 Å². The lowest BCUT2D eigenvalue weighted by Gasteiger charge is -2.43. The first-order chi connectivity index (χ1) is 18.7. The maximum Gasteiger partial charge on any atom is 0.410 e. The number of benzene rings is 1. The highest BCUT2D eigenvalue weighted by atomic mass is 79.9. The third kappa shape index (κ3) is 4.44. The number of amides is 1. The summed E-state index contributed by atoms with van der Waals surface area (Å²) in [5.41, 5.74) is 1.26. The minimum Gasteiger partial charge on any atom is -0.444 e. The number of fused-ring (bicyclic) bond motifs is 4. The summed E-state index contributed by atoms with van der Waals surface area (Å²) in [4.78, 5) is 31.5. The molecular formula is C28H36BrClFN7O2. The van der Waals surface area contributed by atoms with Gasteiger partial charge in [0.2, 0.25) is 0 Å². The van der Waals surface area contributed by atoms with Gasteiger partial charge in [0.1, 0.15) is 22.5 Å². The largest absolute Gasteiger partial charge is 0.444 e. The monoisotopic (exact) mass is 635 g/mol. The number of ether oxygens (including phenoxy) is 1. The Hall–Kier alpha value is -2.21. The third-order valence-electron chi connectivity index (χ3n) is 8.33. The summed E-state index contributed by atoms with van der Waals surface area (Å²) >= 11 is 9.84. The number of imidazole rings is 1. The Bertz CT molecular complexity index is 1510. The van der Waals surface area contributed by atoms with Crippen molar-refractivity contribution in [3.8, 4) is 0 Å². The van der Waals surface area contributed by atoms with Gasteiger partial charge in [0.05, 0.1) is 33.6 Å². The molecule has 4 aliphatic rings. The van der Waals surface area contributed by atoms with E-state index in [-0.39, 0.29) is 39.1 Å². The van der Waals surface area contributed by atoms with Crippen LogP contribution in [0.5, 0.6) is 0 Å². The first-order valence-electron chi connectivity index (χ1n) is 13.7. The van der Waals surface area contributed by atoms with Crippen LogP contribution in [-0.4, -0.2) is 101 Å². The van der Waals surface area contributed by atoms with Crippen LogP contribution in [0.15, 0.2) is 10.5 Å². The average Bonchev–Trinajstić information content (AvgIpc) is 3.49. The Morgan fingerprint density at radius 1 is 1.18 bits per heavy atom. The SMILES string of the molecule is CN(C)Cc1nc2c(N3CC(N(C)C)C3)nc3c(F)c(Br)c(Cl)cc3c2n1[C@H]1[C@@H]2C[C@H]1N(C(=O)OC(C)(C)C)C2. The minimum atomic E-state index is -0.572. The fourth-order valence-corrected chi connectivity index (χ4v) is 6.81. The van der Waals surface area contributed by atoms with Crippen LogP contribution in [0.2, 0.25) is 5.02 Å². The summed E-state index contributed by atoms with van der Waals surface area (Å²) < 4.78 is 24.0. The van der Waals surface area contributed by atoms with Gasteiger partial charge in [-0.05, 0) is 77.4 Å². The normalized spacial score (nSPS) is 23.1. The zero-order valence-corrected chi connectivity index (χ0v) is 26.3. The molecule has 1 aromatic carbocycles. The van der Waals surface area contributed by atoms with Gasteiger partial charge in [0.15, 0.2) is 11.6 Å². The first-order valence-corrected chi connectivity index (χ1v) is 14.9. The molecule has 216 valence electrons. The van der Waals surface area contributed by atoms with Crippen LogP contribution in [-0.2, 0) is 11.3 Å². The molecule has 5 heterocycles. The molecule has 4 fully saturated rings. The van der Waals surface area contributed by atoms with E-state index >= 15 is 4.39 Å². The number of halogens is 3. The number of nitrogens with zero attached hydrogens (tertiary/aromatic N) is 7. The number of aromatic nitrogens is 3. The second kappa shape index (κ2) is 9.68. The molecule has 3 aromatic rings. The van der Waals surface area contributed by atoms with E-state index in [0.29, 0.717) is 30.3 Å². The fourth-order valence-electron chi connectivity index (χ4n) is 6.32. The molecule has 0 unspecified atom stereocenters. The summed E-state index contributed by atoms with van der Waals surface area (Å²) in [6.07, 6.45) is 0.611. The van der Waals surface area contributed by atoms with Crippen molar-refractivity contribution >= 4 is 61.4 Å². The van der Waals surface area contributed by atoms with Crippen LogP contribution in [0, 0.1) is 11.7 Å². The highest BCUT2D eigenvalue weighted by molar-refractivity contribution is 9.10. The van der Waals surface area contributed by atoms with Gasteiger partial charge < -0.3 is 28.9 Å². The molecule has 3 saturated heterocycles. The van der Waals surface area contributed by atoms with E-state index in [1.54, 1.807) is 6.07 Å². The van der Waals surface area contributed by atoms with Crippen molar-refractivity contribution in [1.82, 2.24) is 29.2 Å². The molecule has 1 aliphatic carbocycles.